The van der Waals surface area contributed by atoms with Gasteiger partial charge in [-0.3, -0.25) is 4.79 Å². The zero-order valence-corrected chi connectivity index (χ0v) is 15.2. The number of rotatable bonds is 6. The van der Waals surface area contributed by atoms with Gasteiger partial charge in [0.05, 0.1) is 5.92 Å². The van der Waals surface area contributed by atoms with Crippen LogP contribution in [0.4, 0.5) is 30.7 Å². The molecular weight excluding hydrogens is 357 g/mol. The topological polar surface area (TPSA) is 26.3 Å². The highest BCUT2D eigenvalue weighted by Gasteiger charge is 2.61. The highest BCUT2D eigenvalue weighted by molar-refractivity contribution is 5.73. The average Bonchev–Trinajstić information content (AvgIpc) is 2.27. The lowest BCUT2D eigenvalue weighted by molar-refractivity contribution is -0.274. The van der Waals surface area contributed by atoms with Gasteiger partial charge in [0, 0.05) is 0 Å². The van der Waals surface area contributed by atoms with E-state index in [4.69, 9.17) is 0 Å². The first-order chi connectivity index (χ1) is 10.7. The fraction of sp³-hybridized carbons (Fsp3) is 0.938. The Balaban J connectivity index is 5.15. The minimum atomic E-state index is -5.48. The van der Waals surface area contributed by atoms with Crippen molar-refractivity contribution in [3.05, 3.63) is 0 Å². The molecule has 150 valence electrons. The van der Waals surface area contributed by atoms with Gasteiger partial charge < -0.3 is 4.74 Å². The molecule has 0 bridgehead atoms. The molecule has 0 aliphatic carbocycles. The summed E-state index contributed by atoms with van der Waals surface area (Å²) in [6.07, 6.45) is -8.23. The van der Waals surface area contributed by atoms with E-state index in [1.165, 1.54) is 0 Å². The monoisotopic (exact) mass is 382 g/mol. The molecule has 0 saturated carbocycles. The Labute approximate surface area is 143 Å². The Morgan fingerprint density at radius 3 is 1.60 bits per heavy atom. The van der Waals surface area contributed by atoms with Crippen molar-refractivity contribution in [1.82, 2.24) is 0 Å². The molecule has 0 aromatic carbocycles. The Bertz CT molecular complexity index is 457. The van der Waals surface area contributed by atoms with Gasteiger partial charge in [-0.15, -0.1) is 0 Å². The van der Waals surface area contributed by atoms with Crippen LogP contribution < -0.4 is 0 Å². The smallest absolute Gasteiger partial charge is 0.395 e. The van der Waals surface area contributed by atoms with Gasteiger partial charge in [0.15, 0.2) is 6.61 Å². The number of carbonyl (C=O) groups is 1. The summed E-state index contributed by atoms with van der Waals surface area (Å²) in [6.45, 7) is 8.25. The molecule has 0 aliphatic heterocycles. The molecule has 0 amide bonds. The van der Waals surface area contributed by atoms with E-state index in [0.29, 0.717) is 0 Å². The van der Waals surface area contributed by atoms with E-state index in [1.54, 1.807) is 41.5 Å². The van der Waals surface area contributed by atoms with Crippen molar-refractivity contribution in [1.29, 1.82) is 0 Å². The molecular formula is C16H25F7O2. The van der Waals surface area contributed by atoms with Gasteiger partial charge in [0.1, 0.15) is 6.42 Å². The van der Waals surface area contributed by atoms with Crippen LogP contribution in [0.5, 0.6) is 0 Å². The van der Waals surface area contributed by atoms with Gasteiger partial charge in [-0.2, -0.15) is 30.7 Å². The number of ether oxygens (including phenoxy) is 1. The van der Waals surface area contributed by atoms with E-state index in [0.717, 1.165) is 0 Å². The zero-order chi connectivity index (χ0) is 20.5. The number of alkyl halides is 7. The second-order valence-corrected chi connectivity index (χ2v) is 8.49. The summed E-state index contributed by atoms with van der Waals surface area (Å²) < 4.78 is 93.7. The maximum Gasteiger partial charge on any atom is 0.395 e. The van der Waals surface area contributed by atoms with Crippen molar-refractivity contribution >= 4 is 5.97 Å². The summed E-state index contributed by atoms with van der Waals surface area (Å²) in [7, 11) is 0. The van der Waals surface area contributed by atoms with Crippen molar-refractivity contribution in [2.75, 3.05) is 6.61 Å². The van der Waals surface area contributed by atoms with Crippen LogP contribution in [0.1, 0.15) is 54.4 Å². The van der Waals surface area contributed by atoms with E-state index in [1.807, 2.05) is 0 Å². The van der Waals surface area contributed by atoms with Crippen molar-refractivity contribution in [2.24, 2.45) is 16.7 Å². The zero-order valence-electron chi connectivity index (χ0n) is 15.2. The first-order valence-corrected chi connectivity index (χ1v) is 7.67. The minimum Gasteiger partial charge on any atom is -0.459 e. The maximum absolute atomic E-state index is 13.5. The SMILES string of the molecule is CC(C)(C)CC(C(=O)OCC(F)(F)C(F)(F)CC(F)(F)F)C(C)(C)C. The number of halogens is 7. The Morgan fingerprint density at radius 2 is 1.28 bits per heavy atom. The van der Waals surface area contributed by atoms with Crippen LogP contribution in [0, 0.1) is 16.7 Å². The van der Waals surface area contributed by atoms with Gasteiger partial charge in [0.25, 0.3) is 0 Å². The van der Waals surface area contributed by atoms with E-state index in [2.05, 4.69) is 4.74 Å². The highest BCUT2D eigenvalue weighted by Crippen LogP contribution is 2.43. The second-order valence-electron chi connectivity index (χ2n) is 8.49. The summed E-state index contributed by atoms with van der Waals surface area (Å²) in [5.41, 5.74) is -1.08. The maximum atomic E-state index is 13.5. The van der Waals surface area contributed by atoms with Crippen molar-refractivity contribution in [3.8, 4) is 0 Å². The van der Waals surface area contributed by atoms with Crippen molar-refractivity contribution in [3.63, 3.8) is 0 Å². The number of hydrogen-bond acceptors (Lipinski definition) is 2. The van der Waals surface area contributed by atoms with Crippen LogP contribution in [0.25, 0.3) is 0 Å². The lowest BCUT2D eigenvalue weighted by Crippen LogP contribution is -2.48. The minimum absolute atomic E-state index is 0.236. The van der Waals surface area contributed by atoms with Crippen LogP contribution in [-0.2, 0) is 9.53 Å². The standard InChI is InChI=1S/C16H25F7O2/c1-12(2,3)7-10(13(4,5)6)11(24)25-9-15(19,20)14(17,18)8-16(21,22)23/h10H,7-9H2,1-6H3. The molecule has 0 saturated heterocycles. The fourth-order valence-electron chi connectivity index (χ4n) is 2.10. The van der Waals surface area contributed by atoms with Crippen LogP contribution in [0.15, 0.2) is 0 Å². The van der Waals surface area contributed by atoms with Gasteiger partial charge in [-0.05, 0) is 17.3 Å². The first kappa shape index (κ1) is 24.0. The molecule has 0 aromatic rings. The third kappa shape index (κ3) is 8.27. The molecule has 25 heavy (non-hydrogen) atoms. The van der Waals surface area contributed by atoms with Crippen LogP contribution in [0.2, 0.25) is 0 Å². The number of carbonyl (C=O) groups excluding carboxylic acids is 1. The molecule has 0 N–H and O–H groups in total. The average molecular weight is 382 g/mol. The summed E-state index contributed by atoms with van der Waals surface area (Å²) >= 11 is 0. The molecule has 1 unspecified atom stereocenters. The first-order valence-electron chi connectivity index (χ1n) is 7.67. The Kier molecular flexibility index (Phi) is 7.01. The predicted octanol–water partition coefficient (Wildman–Crippen LogP) is 5.85. The number of hydrogen-bond donors (Lipinski definition) is 0. The molecule has 2 nitrogen and oxygen atoms in total. The van der Waals surface area contributed by atoms with Crippen molar-refractivity contribution in [2.45, 2.75) is 72.4 Å². The molecule has 1 atom stereocenters. The van der Waals surface area contributed by atoms with Gasteiger partial charge in [-0.25, -0.2) is 0 Å². The Morgan fingerprint density at radius 1 is 0.840 bits per heavy atom. The van der Waals surface area contributed by atoms with E-state index in [-0.39, 0.29) is 11.8 Å². The van der Waals surface area contributed by atoms with Crippen LogP contribution in [0.3, 0.4) is 0 Å². The van der Waals surface area contributed by atoms with Crippen LogP contribution >= 0.6 is 0 Å². The normalized spacial score (nSPS) is 15.9. The van der Waals surface area contributed by atoms with Crippen LogP contribution in [-0.4, -0.2) is 30.6 Å². The summed E-state index contributed by atoms with van der Waals surface area (Å²) in [5, 5.41) is 0. The third-order valence-corrected chi connectivity index (χ3v) is 3.50. The largest absolute Gasteiger partial charge is 0.459 e. The predicted molar refractivity (Wildman–Crippen MR) is 78.5 cm³/mol. The van der Waals surface area contributed by atoms with Gasteiger partial charge in [0.2, 0.25) is 0 Å². The number of esters is 1. The second kappa shape index (κ2) is 7.31. The lowest BCUT2D eigenvalue weighted by Gasteiger charge is -2.34. The molecule has 0 rings (SSSR count). The Hall–Kier alpha value is -1.02. The molecule has 0 aromatic heterocycles. The molecule has 0 spiro atoms. The quantitative estimate of drug-likeness (QED) is 0.425. The highest BCUT2D eigenvalue weighted by atomic mass is 19.4. The molecule has 9 heteroatoms. The van der Waals surface area contributed by atoms with E-state index < -0.39 is 48.4 Å². The molecule has 0 aliphatic rings. The third-order valence-electron chi connectivity index (χ3n) is 3.50. The molecule has 0 fully saturated rings. The summed E-state index contributed by atoms with van der Waals surface area (Å²) in [6, 6.07) is 0. The fourth-order valence-corrected chi connectivity index (χ4v) is 2.10. The van der Waals surface area contributed by atoms with Crippen molar-refractivity contribution < 1.29 is 40.3 Å². The van der Waals surface area contributed by atoms with E-state index >= 15 is 0 Å². The molecule has 0 radical (unpaired) electrons. The molecule has 0 heterocycles. The van der Waals surface area contributed by atoms with Gasteiger partial charge in [-0.1, -0.05) is 41.5 Å². The van der Waals surface area contributed by atoms with E-state index in [9.17, 15) is 35.5 Å². The lowest BCUT2D eigenvalue weighted by atomic mass is 9.72. The van der Waals surface area contributed by atoms with Gasteiger partial charge >= 0.3 is 24.0 Å². The summed E-state index contributed by atoms with van der Waals surface area (Å²) in [4.78, 5) is 12.1. The summed E-state index contributed by atoms with van der Waals surface area (Å²) in [5.74, 6) is -12.5.